The average Bonchev–Trinajstić information content (AvgIpc) is 2.27. The van der Waals surface area contributed by atoms with Crippen molar-refractivity contribution in [3.05, 3.63) is 0 Å². The van der Waals surface area contributed by atoms with E-state index in [9.17, 15) is 8.42 Å². The first-order valence-corrected chi connectivity index (χ1v) is 8.20. The van der Waals surface area contributed by atoms with Crippen molar-refractivity contribution in [2.45, 2.75) is 45.8 Å². The van der Waals surface area contributed by atoms with E-state index in [4.69, 9.17) is 4.74 Å². The molecule has 106 valence electrons. The van der Waals surface area contributed by atoms with Gasteiger partial charge in [-0.3, -0.25) is 0 Å². The zero-order chi connectivity index (χ0) is 13.3. The van der Waals surface area contributed by atoms with Crippen LogP contribution in [-0.4, -0.2) is 55.4 Å². The molecule has 0 aromatic carbocycles. The lowest BCUT2D eigenvalue weighted by Crippen LogP contribution is -2.54. The lowest BCUT2D eigenvalue weighted by Gasteiger charge is -2.39. The Morgan fingerprint density at radius 3 is 2.17 bits per heavy atom. The molecule has 0 bridgehead atoms. The highest BCUT2D eigenvalue weighted by Crippen LogP contribution is 2.23. The van der Waals surface area contributed by atoms with Crippen LogP contribution in [0.1, 0.15) is 33.6 Å². The Hall–Kier alpha value is -0.170. The Labute approximate surface area is 110 Å². The Morgan fingerprint density at radius 2 is 1.61 bits per heavy atom. The first-order valence-electron chi connectivity index (χ1n) is 6.80. The molecule has 0 spiro atoms. The summed E-state index contributed by atoms with van der Waals surface area (Å²) in [4.78, 5) is 0. The van der Waals surface area contributed by atoms with E-state index in [1.54, 1.807) is 8.61 Å². The van der Waals surface area contributed by atoms with Gasteiger partial charge < -0.3 is 4.74 Å². The molecule has 6 heteroatoms. The van der Waals surface area contributed by atoms with E-state index in [0.717, 1.165) is 12.8 Å². The molecule has 0 amide bonds. The third-order valence-electron chi connectivity index (χ3n) is 3.66. The molecule has 3 atom stereocenters. The highest BCUT2D eigenvalue weighted by atomic mass is 32.2. The molecule has 5 nitrogen and oxygen atoms in total. The lowest BCUT2D eigenvalue weighted by molar-refractivity contribution is -0.0457. The predicted octanol–water partition coefficient (Wildman–Crippen LogP) is 1.07. The molecule has 0 aromatic rings. The van der Waals surface area contributed by atoms with Crippen LogP contribution in [0.15, 0.2) is 0 Å². The molecular weight excluding hydrogens is 252 g/mol. The summed E-state index contributed by atoms with van der Waals surface area (Å²) in [5, 5.41) is 0. The quantitative estimate of drug-likeness (QED) is 0.758. The summed E-state index contributed by atoms with van der Waals surface area (Å²) in [6.07, 6.45) is 2.05. The summed E-state index contributed by atoms with van der Waals surface area (Å²) >= 11 is 0. The van der Waals surface area contributed by atoms with Gasteiger partial charge in [0.15, 0.2) is 0 Å². The number of morpholine rings is 1. The first-order chi connectivity index (χ1) is 8.39. The van der Waals surface area contributed by atoms with Gasteiger partial charge in [-0.1, -0.05) is 6.92 Å². The summed E-state index contributed by atoms with van der Waals surface area (Å²) in [5.74, 6) is 0.462. The first kappa shape index (κ1) is 14.2. The molecule has 2 heterocycles. The van der Waals surface area contributed by atoms with Gasteiger partial charge in [-0.2, -0.15) is 17.0 Å². The molecule has 2 rings (SSSR count). The maximum Gasteiger partial charge on any atom is 0.282 e. The van der Waals surface area contributed by atoms with E-state index in [0.29, 0.717) is 32.1 Å². The number of rotatable bonds is 2. The van der Waals surface area contributed by atoms with E-state index in [1.165, 1.54) is 0 Å². The van der Waals surface area contributed by atoms with Crippen molar-refractivity contribution in [1.29, 1.82) is 0 Å². The van der Waals surface area contributed by atoms with Crippen molar-refractivity contribution in [1.82, 2.24) is 8.61 Å². The van der Waals surface area contributed by atoms with Crippen molar-refractivity contribution in [2.24, 2.45) is 5.92 Å². The molecule has 0 N–H and O–H groups in total. The topological polar surface area (TPSA) is 49.9 Å². The fourth-order valence-electron chi connectivity index (χ4n) is 2.84. The molecule has 0 saturated carbocycles. The summed E-state index contributed by atoms with van der Waals surface area (Å²) < 4.78 is 34.0. The van der Waals surface area contributed by atoms with Crippen molar-refractivity contribution in [2.75, 3.05) is 26.2 Å². The second-order valence-electron chi connectivity index (χ2n) is 5.69. The Balaban J connectivity index is 2.09. The van der Waals surface area contributed by atoms with Gasteiger partial charge in [0.1, 0.15) is 0 Å². The van der Waals surface area contributed by atoms with Gasteiger partial charge in [-0.15, -0.1) is 0 Å². The minimum atomic E-state index is -3.30. The van der Waals surface area contributed by atoms with Crippen LogP contribution < -0.4 is 0 Å². The molecule has 18 heavy (non-hydrogen) atoms. The highest BCUT2D eigenvalue weighted by Gasteiger charge is 2.36. The van der Waals surface area contributed by atoms with Crippen LogP contribution >= 0.6 is 0 Å². The van der Waals surface area contributed by atoms with Crippen molar-refractivity contribution < 1.29 is 13.2 Å². The van der Waals surface area contributed by atoms with Crippen molar-refractivity contribution >= 4 is 10.2 Å². The van der Waals surface area contributed by atoms with Gasteiger partial charge in [0.2, 0.25) is 0 Å². The van der Waals surface area contributed by atoms with Crippen LogP contribution in [0.3, 0.4) is 0 Å². The van der Waals surface area contributed by atoms with Gasteiger partial charge in [0.05, 0.1) is 12.2 Å². The van der Waals surface area contributed by atoms with E-state index in [2.05, 4.69) is 6.92 Å². The molecule has 0 unspecified atom stereocenters. The molecule has 0 radical (unpaired) electrons. The molecule has 2 aliphatic heterocycles. The third kappa shape index (κ3) is 3.04. The second-order valence-corrected chi connectivity index (χ2v) is 7.62. The van der Waals surface area contributed by atoms with Gasteiger partial charge in [-0.25, -0.2) is 0 Å². The van der Waals surface area contributed by atoms with Crippen LogP contribution in [0.5, 0.6) is 0 Å². The van der Waals surface area contributed by atoms with E-state index < -0.39 is 10.2 Å². The Morgan fingerprint density at radius 1 is 1.00 bits per heavy atom. The fourth-order valence-corrected chi connectivity index (χ4v) is 4.76. The Bertz CT molecular complexity index is 375. The SMILES string of the molecule is C[C@H]1CCCN(S(=O)(=O)N2C[C@@H](C)O[C@@H](C)C2)C1. The van der Waals surface area contributed by atoms with Gasteiger partial charge >= 0.3 is 0 Å². The molecule has 0 aliphatic carbocycles. The van der Waals surface area contributed by atoms with E-state index in [1.807, 2.05) is 13.8 Å². The summed E-state index contributed by atoms with van der Waals surface area (Å²) in [5.41, 5.74) is 0. The number of nitrogens with zero attached hydrogens (tertiary/aromatic N) is 2. The number of hydrogen-bond donors (Lipinski definition) is 0. The largest absolute Gasteiger partial charge is 0.373 e. The van der Waals surface area contributed by atoms with Gasteiger partial charge in [0.25, 0.3) is 10.2 Å². The minimum absolute atomic E-state index is 0.0225. The zero-order valence-electron chi connectivity index (χ0n) is 11.5. The maximum atomic E-state index is 12.6. The van der Waals surface area contributed by atoms with Crippen LogP contribution in [0.4, 0.5) is 0 Å². The summed E-state index contributed by atoms with van der Waals surface area (Å²) in [6.45, 7) is 8.23. The third-order valence-corrected chi connectivity index (χ3v) is 5.59. The van der Waals surface area contributed by atoms with Crippen LogP contribution in [-0.2, 0) is 14.9 Å². The van der Waals surface area contributed by atoms with Crippen LogP contribution in [0.25, 0.3) is 0 Å². The van der Waals surface area contributed by atoms with Gasteiger partial charge in [-0.05, 0) is 32.6 Å². The van der Waals surface area contributed by atoms with Crippen molar-refractivity contribution in [3.8, 4) is 0 Å². The fraction of sp³-hybridized carbons (Fsp3) is 1.00. The van der Waals surface area contributed by atoms with E-state index >= 15 is 0 Å². The predicted molar refractivity (Wildman–Crippen MR) is 70.5 cm³/mol. The summed E-state index contributed by atoms with van der Waals surface area (Å²) in [7, 11) is -3.30. The van der Waals surface area contributed by atoms with Crippen LogP contribution in [0, 0.1) is 5.92 Å². The standard InChI is InChI=1S/C12H24N2O3S/c1-10-5-4-6-13(7-10)18(15,16)14-8-11(2)17-12(3)9-14/h10-12H,4-9H2,1-3H3/t10-,11-,12+/m0/s1. The van der Waals surface area contributed by atoms with E-state index in [-0.39, 0.29) is 12.2 Å². The minimum Gasteiger partial charge on any atom is -0.373 e. The highest BCUT2D eigenvalue weighted by molar-refractivity contribution is 7.86. The summed E-state index contributed by atoms with van der Waals surface area (Å²) in [6, 6.07) is 0. The number of ether oxygens (including phenoxy) is 1. The maximum absolute atomic E-state index is 12.6. The van der Waals surface area contributed by atoms with Crippen molar-refractivity contribution in [3.63, 3.8) is 0 Å². The second kappa shape index (κ2) is 5.45. The zero-order valence-corrected chi connectivity index (χ0v) is 12.3. The normalized spacial score (nSPS) is 36.7. The van der Waals surface area contributed by atoms with Gasteiger partial charge in [0, 0.05) is 26.2 Å². The molecule has 2 saturated heterocycles. The lowest BCUT2D eigenvalue weighted by atomic mass is 10.0. The molecule has 0 aromatic heterocycles. The smallest absolute Gasteiger partial charge is 0.282 e. The monoisotopic (exact) mass is 276 g/mol. The average molecular weight is 276 g/mol. The molecular formula is C12H24N2O3S. The number of piperidine rings is 1. The number of hydrogen-bond acceptors (Lipinski definition) is 3. The Kier molecular flexibility index (Phi) is 4.31. The molecule has 2 aliphatic rings. The molecule has 2 fully saturated rings. The van der Waals surface area contributed by atoms with Crippen LogP contribution in [0.2, 0.25) is 0 Å².